The summed E-state index contributed by atoms with van der Waals surface area (Å²) < 4.78 is 0. The molecule has 0 aromatic heterocycles. The van der Waals surface area contributed by atoms with E-state index < -0.39 is 12.0 Å². The van der Waals surface area contributed by atoms with E-state index in [0.717, 1.165) is 12.8 Å². The van der Waals surface area contributed by atoms with Crippen LogP contribution in [-0.2, 0) is 9.59 Å². The molecule has 4 heteroatoms. The minimum absolute atomic E-state index is 0.113. The second-order valence-corrected chi connectivity index (χ2v) is 6.94. The SMILES string of the molecule is CC(C)(C)CC(=O)NC(CC1CCCCC1)C(=O)O. The predicted molar refractivity (Wildman–Crippen MR) is 74.8 cm³/mol. The fourth-order valence-corrected chi connectivity index (χ4v) is 2.70. The van der Waals surface area contributed by atoms with Crippen LogP contribution in [0.5, 0.6) is 0 Å². The molecular formula is C15H27NO3. The van der Waals surface area contributed by atoms with E-state index in [2.05, 4.69) is 5.32 Å². The molecule has 1 unspecified atom stereocenters. The lowest BCUT2D eigenvalue weighted by Gasteiger charge is -2.26. The summed E-state index contributed by atoms with van der Waals surface area (Å²) in [5.74, 6) is -0.617. The van der Waals surface area contributed by atoms with Crippen LogP contribution >= 0.6 is 0 Å². The molecule has 1 rings (SSSR count). The molecule has 0 radical (unpaired) electrons. The van der Waals surface area contributed by atoms with Crippen LogP contribution in [0.3, 0.4) is 0 Å². The highest BCUT2D eigenvalue weighted by molar-refractivity contribution is 5.83. The van der Waals surface area contributed by atoms with Crippen LogP contribution in [0.25, 0.3) is 0 Å². The van der Waals surface area contributed by atoms with Crippen molar-refractivity contribution in [2.24, 2.45) is 11.3 Å². The second-order valence-electron chi connectivity index (χ2n) is 6.94. The van der Waals surface area contributed by atoms with Gasteiger partial charge in [-0.15, -0.1) is 0 Å². The van der Waals surface area contributed by atoms with E-state index in [9.17, 15) is 14.7 Å². The largest absolute Gasteiger partial charge is 0.480 e. The molecule has 0 saturated heterocycles. The van der Waals surface area contributed by atoms with Crippen LogP contribution in [-0.4, -0.2) is 23.0 Å². The van der Waals surface area contributed by atoms with Crippen molar-refractivity contribution in [2.75, 3.05) is 0 Å². The van der Waals surface area contributed by atoms with Crippen molar-refractivity contribution in [3.8, 4) is 0 Å². The predicted octanol–water partition coefficient (Wildman–Crippen LogP) is 2.96. The molecule has 110 valence electrons. The summed E-state index contributed by atoms with van der Waals surface area (Å²) in [4.78, 5) is 23.1. The number of rotatable bonds is 5. The van der Waals surface area contributed by atoms with Gasteiger partial charge in [-0.05, 0) is 17.8 Å². The van der Waals surface area contributed by atoms with Gasteiger partial charge in [-0.25, -0.2) is 4.79 Å². The highest BCUT2D eigenvalue weighted by Crippen LogP contribution is 2.27. The van der Waals surface area contributed by atoms with Gasteiger partial charge in [-0.3, -0.25) is 4.79 Å². The number of aliphatic carboxylic acids is 1. The van der Waals surface area contributed by atoms with Crippen LogP contribution in [0, 0.1) is 11.3 Å². The molecule has 0 aromatic rings. The first kappa shape index (κ1) is 16.0. The lowest BCUT2D eigenvalue weighted by molar-refractivity contribution is -0.142. The number of amides is 1. The molecule has 1 aliphatic rings. The van der Waals surface area contributed by atoms with Gasteiger partial charge in [-0.1, -0.05) is 52.9 Å². The van der Waals surface area contributed by atoms with Gasteiger partial charge in [0.1, 0.15) is 6.04 Å². The molecule has 0 aliphatic heterocycles. The molecule has 1 amide bonds. The van der Waals surface area contributed by atoms with E-state index in [0.29, 0.717) is 18.8 Å². The minimum atomic E-state index is -0.909. The fourth-order valence-electron chi connectivity index (χ4n) is 2.70. The van der Waals surface area contributed by atoms with E-state index in [1.54, 1.807) is 0 Å². The fraction of sp³-hybridized carbons (Fsp3) is 0.867. The summed E-state index contributed by atoms with van der Waals surface area (Å²) in [6.07, 6.45) is 6.76. The van der Waals surface area contributed by atoms with Crippen LogP contribution in [0.15, 0.2) is 0 Å². The summed E-state index contributed by atoms with van der Waals surface area (Å²) >= 11 is 0. The highest BCUT2D eigenvalue weighted by atomic mass is 16.4. The van der Waals surface area contributed by atoms with E-state index in [4.69, 9.17) is 0 Å². The van der Waals surface area contributed by atoms with Crippen molar-refractivity contribution >= 4 is 11.9 Å². The summed E-state index contributed by atoms with van der Waals surface area (Å²) in [6, 6.07) is -0.724. The molecule has 4 nitrogen and oxygen atoms in total. The van der Waals surface area contributed by atoms with Crippen molar-refractivity contribution in [1.29, 1.82) is 0 Å². The van der Waals surface area contributed by atoms with E-state index >= 15 is 0 Å². The summed E-state index contributed by atoms with van der Waals surface area (Å²) in [5, 5.41) is 11.9. The Morgan fingerprint density at radius 2 is 1.79 bits per heavy atom. The monoisotopic (exact) mass is 269 g/mol. The van der Waals surface area contributed by atoms with Crippen molar-refractivity contribution in [3.63, 3.8) is 0 Å². The zero-order valence-corrected chi connectivity index (χ0v) is 12.4. The highest BCUT2D eigenvalue weighted by Gasteiger charge is 2.26. The van der Waals surface area contributed by atoms with E-state index in [-0.39, 0.29) is 11.3 Å². The number of carboxylic acid groups (broad SMARTS) is 1. The number of carbonyl (C=O) groups excluding carboxylic acids is 1. The van der Waals surface area contributed by atoms with Crippen molar-refractivity contribution in [3.05, 3.63) is 0 Å². The van der Waals surface area contributed by atoms with Gasteiger partial charge in [0.2, 0.25) is 5.91 Å². The molecule has 0 spiro atoms. The Morgan fingerprint density at radius 3 is 2.26 bits per heavy atom. The molecule has 1 saturated carbocycles. The molecule has 1 atom stereocenters. The number of carbonyl (C=O) groups is 2. The first-order chi connectivity index (χ1) is 8.78. The lowest BCUT2D eigenvalue weighted by atomic mass is 9.84. The third-order valence-electron chi connectivity index (χ3n) is 3.62. The van der Waals surface area contributed by atoms with Gasteiger partial charge >= 0.3 is 5.97 Å². The Kier molecular flexibility index (Phi) is 5.83. The number of hydrogen-bond acceptors (Lipinski definition) is 2. The van der Waals surface area contributed by atoms with Crippen LogP contribution in [0.1, 0.15) is 65.7 Å². The Balaban J connectivity index is 2.48. The van der Waals surface area contributed by atoms with E-state index in [1.165, 1.54) is 19.3 Å². The van der Waals surface area contributed by atoms with Gasteiger partial charge in [0, 0.05) is 6.42 Å². The normalized spacial score (nSPS) is 18.9. The smallest absolute Gasteiger partial charge is 0.326 e. The number of nitrogens with one attached hydrogen (secondary N) is 1. The number of hydrogen-bond donors (Lipinski definition) is 2. The van der Waals surface area contributed by atoms with Gasteiger partial charge in [-0.2, -0.15) is 0 Å². The maximum absolute atomic E-state index is 11.8. The zero-order valence-electron chi connectivity index (χ0n) is 12.4. The topological polar surface area (TPSA) is 66.4 Å². The van der Waals surface area contributed by atoms with Gasteiger partial charge < -0.3 is 10.4 Å². The minimum Gasteiger partial charge on any atom is -0.480 e. The Bertz CT molecular complexity index is 314. The Labute approximate surface area is 116 Å². The molecule has 2 N–H and O–H groups in total. The maximum atomic E-state index is 11.8. The van der Waals surface area contributed by atoms with Gasteiger partial charge in [0.05, 0.1) is 0 Å². The quantitative estimate of drug-likeness (QED) is 0.806. The third kappa shape index (κ3) is 6.60. The third-order valence-corrected chi connectivity index (χ3v) is 3.62. The first-order valence-corrected chi connectivity index (χ1v) is 7.30. The zero-order chi connectivity index (χ0) is 14.5. The molecule has 0 bridgehead atoms. The second kappa shape index (κ2) is 6.92. The summed E-state index contributed by atoms with van der Waals surface area (Å²) in [7, 11) is 0. The Morgan fingerprint density at radius 1 is 1.21 bits per heavy atom. The number of carboxylic acids is 1. The lowest BCUT2D eigenvalue weighted by Crippen LogP contribution is -2.43. The molecule has 19 heavy (non-hydrogen) atoms. The van der Waals surface area contributed by atoms with Crippen LogP contribution in [0.4, 0.5) is 0 Å². The van der Waals surface area contributed by atoms with Crippen LogP contribution in [0.2, 0.25) is 0 Å². The van der Waals surface area contributed by atoms with Crippen LogP contribution < -0.4 is 5.32 Å². The van der Waals surface area contributed by atoms with Gasteiger partial charge in [0.25, 0.3) is 0 Å². The summed E-state index contributed by atoms with van der Waals surface area (Å²) in [5.41, 5.74) is -0.113. The molecule has 0 aromatic carbocycles. The van der Waals surface area contributed by atoms with E-state index in [1.807, 2.05) is 20.8 Å². The molecule has 0 heterocycles. The van der Waals surface area contributed by atoms with Crippen molar-refractivity contribution < 1.29 is 14.7 Å². The average Bonchev–Trinajstić information content (AvgIpc) is 2.26. The molecular weight excluding hydrogens is 242 g/mol. The average molecular weight is 269 g/mol. The Hall–Kier alpha value is -1.06. The molecule has 1 fully saturated rings. The van der Waals surface area contributed by atoms with Gasteiger partial charge in [0.15, 0.2) is 0 Å². The maximum Gasteiger partial charge on any atom is 0.326 e. The standard InChI is InChI=1S/C15H27NO3/c1-15(2,3)10-13(17)16-12(14(18)19)9-11-7-5-4-6-8-11/h11-12H,4-10H2,1-3H3,(H,16,17)(H,18,19). The summed E-state index contributed by atoms with van der Waals surface area (Å²) in [6.45, 7) is 5.93. The van der Waals surface area contributed by atoms with Crippen molar-refractivity contribution in [1.82, 2.24) is 5.32 Å². The first-order valence-electron chi connectivity index (χ1n) is 7.30. The molecule has 1 aliphatic carbocycles. The van der Waals surface area contributed by atoms with Crippen molar-refractivity contribution in [2.45, 2.75) is 71.8 Å².